The number of hydrogen-bond donors (Lipinski definition) is 2. The molecule has 0 aliphatic heterocycles. The largest absolute Gasteiger partial charge is 0.480 e. The Kier molecular flexibility index (Phi) is 5.47. The summed E-state index contributed by atoms with van der Waals surface area (Å²) in [6.45, 7) is 4.38. The van der Waals surface area contributed by atoms with Crippen molar-refractivity contribution >= 4 is 17.7 Å². The number of nitrogens with one attached hydrogen (secondary N) is 1. The van der Waals surface area contributed by atoms with E-state index in [-0.39, 0.29) is 6.04 Å². The second-order valence-electron chi connectivity index (χ2n) is 4.59. The SMILES string of the molecule is CC(C)CCSCC(NC1CC1)C(=O)O. The predicted molar refractivity (Wildman–Crippen MR) is 64.4 cm³/mol. The van der Waals surface area contributed by atoms with Gasteiger partial charge in [-0.1, -0.05) is 13.8 Å². The van der Waals surface area contributed by atoms with E-state index in [9.17, 15) is 4.79 Å². The number of carbonyl (C=O) groups is 1. The first-order valence-electron chi connectivity index (χ1n) is 5.66. The molecule has 15 heavy (non-hydrogen) atoms. The van der Waals surface area contributed by atoms with E-state index >= 15 is 0 Å². The summed E-state index contributed by atoms with van der Waals surface area (Å²) in [6, 6.07) is 0.117. The molecule has 0 aromatic rings. The lowest BCUT2D eigenvalue weighted by molar-refractivity contribution is -0.138. The van der Waals surface area contributed by atoms with Crippen LogP contribution in [-0.2, 0) is 4.79 Å². The molecular weight excluding hydrogens is 210 g/mol. The average Bonchev–Trinajstić information content (AvgIpc) is 2.93. The Morgan fingerprint density at radius 2 is 2.20 bits per heavy atom. The van der Waals surface area contributed by atoms with E-state index in [2.05, 4.69) is 19.2 Å². The Hall–Kier alpha value is -0.220. The molecule has 2 N–H and O–H groups in total. The summed E-state index contributed by atoms with van der Waals surface area (Å²) in [5.74, 6) is 1.75. The van der Waals surface area contributed by atoms with Crippen LogP contribution in [0.25, 0.3) is 0 Å². The van der Waals surface area contributed by atoms with E-state index in [4.69, 9.17) is 5.11 Å². The lowest BCUT2D eigenvalue weighted by atomic mass is 10.2. The predicted octanol–water partition coefficient (Wildman–Crippen LogP) is 1.97. The molecule has 4 heteroatoms. The number of rotatable bonds is 8. The molecule has 1 aliphatic carbocycles. The molecule has 1 aliphatic rings. The summed E-state index contributed by atoms with van der Waals surface area (Å²) in [5, 5.41) is 12.1. The minimum Gasteiger partial charge on any atom is -0.480 e. The van der Waals surface area contributed by atoms with E-state index < -0.39 is 5.97 Å². The van der Waals surface area contributed by atoms with Crippen molar-refractivity contribution in [3.8, 4) is 0 Å². The van der Waals surface area contributed by atoms with Gasteiger partial charge in [0.15, 0.2) is 0 Å². The molecule has 0 bridgehead atoms. The lowest BCUT2D eigenvalue weighted by Gasteiger charge is -2.13. The highest BCUT2D eigenvalue weighted by molar-refractivity contribution is 7.99. The highest BCUT2D eigenvalue weighted by atomic mass is 32.2. The smallest absolute Gasteiger partial charge is 0.321 e. The summed E-state index contributed by atoms with van der Waals surface area (Å²) in [4.78, 5) is 10.9. The summed E-state index contributed by atoms with van der Waals surface area (Å²) in [5.41, 5.74) is 0. The molecule has 1 fully saturated rings. The van der Waals surface area contributed by atoms with Gasteiger partial charge in [-0.3, -0.25) is 4.79 Å². The van der Waals surface area contributed by atoms with Crippen molar-refractivity contribution in [3.63, 3.8) is 0 Å². The third-order valence-electron chi connectivity index (χ3n) is 2.44. The number of carboxylic acids is 1. The van der Waals surface area contributed by atoms with Crippen LogP contribution in [0.3, 0.4) is 0 Å². The molecule has 3 nitrogen and oxygen atoms in total. The summed E-state index contributed by atoms with van der Waals surface area (Å²) in [7, 11) is 0. The standard InChI is InChI=1S/C11H21NO2S/c1-8(2)5-6-15-7-10(11(13)14)12-9-3-4-9/h8-10,12H,3-7H2,1-2H3,(H,13,14). The topological polar surface area (TPSA) is 49.3 Å². The van der Waals surface area contributed by atoms with Crippen molar-refractivity contribution in [3.05, 3.63) is 0 Å². The second-order valence-corrected chi connectivity index (χ2v) is 5.74. The third kappa shape index (κ3) is 6.05. The molecule has 0 amide bonds. The van der Waals surface area contributed by atoms with Crippen molar-refractivity contribution in [2.75, 3.05) is 11.5 Å². The molecule has 0 saturated heterocycles. The van der Waals surface area contributed by atoms with Crippen molar-refractivity contribution in [2.45, 2.75) is 45.2 Å². The number of aliphatic carboxylic acids is 1. The second kappa shape index (κ2) is 6.38. The van der Waals surface area contributed by atoms with Gasteiger partial charge in [0.05, 0.1) is 0 Å². The van der Waals surface area contributed by atoms with Gasteiger partial charge in [-0.15, -0.1) is 0 Å². The maximum Gasteiger partial charge on any atom is 0.321 e. The normalized spacial score (nSPS) is 18.1. The minimum atomic E-state index is -0.709. The molecule has 1 rings (SSSR count). The lowest BCUT2D eigenvalue weighted by Crippen LogP contribution is -2.40. The maximum absolute atomic E-state index is 10.9. The minimum absolute atomic E-state index is 0.352. The van der Waals surface area contributed by atoms with Crippen LogP contribution in [0, 0.1) is 5.92 Å². The summed E-state index contributed by atoms with van der Waals surface area (Å²) < 4.78 is 0. The highest BCUT2D eigenvalue weighted by Gasteiger charge is 2.27. The fourth-order valence-corrected chi connectivity index (χ4v) is 2.52. The van der Waals surface area contributed by atoms with E-state index in [1.807, 2.05) is 0 Å². The van der Waals surface area contributed by atoms with Crippen LogP contribution in [0.1, 0.15) is 33.1 Å². The first-order chi connectivity index (χ1) is 7.09. The van der Waals surface area contributed by atoms with Gasteiger partial charge in [-0.05, 0) is 30.9 Å². The zero-order valence-corrected chi connectivity index (χ0v) is 10.3. The molecule has 88 valence electrons. The van der Waals surface area contributed by atoms with Gasteiger partial charge >= 0.3 is 5.97 Å². The first kappa shape index (κ1) is 12.8. The Labute approximate surface area is 96.0 Å². The molecule has 0 heterocycles. The fourth-order valence-electron chi connectivity index (χ4n) is 1.25. The van der Waals surface area contributed by atoms with Gasteiger partial charge in [0.1, 0.15) is 6.04 Å². The van der Waals surface area contributed by atoms with Crippen LogP contribution in [0.4, 0.5) is 0 Å². The van der Waals surface area contributed by atoms with E-state index in [0.717, 1.165) is 18.6 Å². The zero-order valence-electron chi connectivity index (χ0n) is 9.53. The van der Waals surface area contributed by atoms with Crippen LogP contribution in [-0.4, -0.2) is 34.7 Å². The molecule has 0 spiro atoms. The monoisotopic (exact) mass is 231 g/mol. The Morgan fingerprint density at radius 3 is 2.67 bits per heavy atom. The van der Waals surface area contributed by atoms with Gasteiger partial charge in [-0.25, -0.2) is 0 Å². The fraction of sp³-hybridized carbons (Fsp3) is 0.909. The molecule has 1 unspecified atom stereocenters. The summed E-state index contributed by atoms with van der Waals surface area (Å²) >= 11 is 1.74. The summed E-state index contributed by atoms with van der Waals surface area (Å²) in [6.07, 6.45) is 3.45. The first-order valence-corrected chi connectivity index (χ1v) is 6.81. The number of hydrogen-bond acceptors (Lipinski definition) is 3. The molecular formula is C11H21NO2S. The third-order valence-corrected chi connectivity index (χ3v) is 3.53. The van der Waals surface area contributed by atoms with E-state index in [1.165, 1.54) is 6.42 Å². The van der Waals surface area contributed by atoms with Gasteiger partial charge < -0.3 is 10.4 Å². The quantitative estimate of drug-likeness (QED) is 0.627. The molecule has 0 aromatic heterocycles. The molecule has 0 aromatic carbocycles. The highest BCUT2D eigenvalue weighted by Crippen LogP contribution is 2.20. The maximum atomic E-state index is 10.9. The van der Waals surface area contributed by atoms with Crippen LogP contribution in [0.5, 0.6) is 0 Å². The van der Waals surface area contributed by atoms with Crippen LogP contribution >= 0.6 is 11.8 Å². The van der Waals surface area contributed by atoms with Crippen LogP contribution in [0.2, 0.25) is 0 Å². The van der Waals surface area contributed by atoms with E-state index in [1.54, 1.807) is 11.8 Å². The van der Waals surface area contributed by atoms with Crippen molar-refractivity contribution < 1.29 is 9.90 Å². The average molecular weight is 231 g/mol. The van der Waals surface area contributed by atoms with Gasteiger partial charge in [0.25, 0.3) is 0 Å². The molecule has 1 atom stereocenters. The van der Waals surface area contributed by atoms with Gasteiger partial charge in [0.2, 0.25) is 0 Å². The molecule has 0 radical (unpaired) electrons. The Morgan fingerprint density at radius 1 is 1.53 bits per heavy atom. The van der Waals surface area contributed by atoms with Gasteiger partial charge in [0, 0.05) is 11.8 Å². The van der Waals surface area contributed by atoms with Crippen molar-refractivity contribution in [1.29, 1.82) is 0 Å². The van der Waals surface area contributed by atoms with Gasteiger partial charge in [-0.2, -0.15) is 11.8 Å². The Balaban J connectivity index is 2.10. The number of carboxylic acid groups (broad SMARTS) is 1. The van der Waals surface area contributed by atoms with Crippen molar-refractivity contribution in [2.24, 2.45) is 5.92 Å². The van der Waals surface area contributed by atoms with Crippen LogP contribution in [0.15, 0.2) is 0 Å². The van der Waals surface area contributed by atoms with Crippen molar-refractivity contribution in [1.82, 2.24) is 5.32 Å². The molecule has 1 saturated carbocycles. The Bertz CT molecular complexity index is 205. The van der Waals surface area contributed by atoms with Crippen LogP contribution < -0.4 is 5.32 Å². The van der Waals surface area contributed by atoms with E-state index in [0.29, 0.717) is 17.7 Å². The number of thioether (sulfide) groups is 1. The zero-order chi connectivity index (χ0) is 11.3.